The van der Waals surface area contributed by atoms with Gasteiger partial charge in [-0.05, 0) is 24.6 Å². The van der Waals surface area contributed by atoms with E-state index in [0.717, 1.165) is 6.07 Å². The maximum atomic E-state index is 12.8. The maximum Gasteiger partial charge on any atom is 0.416 e. The van der Waals surface area contributed by atoms with Crippen LogP contribution in [-0.4, -0.2) is 9.97 Å². The molecule has 0 radical (unpaired) electrons. The van der Waals surface area contributed by atoms with Gasteiger partial charge >= 0.3 is 6.18 Å². The Morgan fingerprint density at radius 3 is 2.42 bits per heavy atom. The highest BCUT2D eigenvalue weighted by atomic mass is 19.4. The van der Waals surface area contributed by atoms with E-state index in [2.05, 4.69) is 9.97 Å². The zero-order valence-electron chi connectivity index (χ0n) is 10.7. The minimum atomic E-state index is -4.44. The summed E-state index contributed by atoms with van der Waals surface area (Å²) in [5.74, 6) is 0.321. The molecule has 1 heterocycles. The molecule has 2 aromatic rings. The molecule has 1 N–H and O–H groups in total. The number of nitrogens with zero attached hydrogens (tertiary/aromatic N) is 1. The first-order valence-corrected chi connectivity index (χ1v) is 5.82. The fraction of sp³-hybridized carbons (Fsp3) is 0.385. The predicted octanol–water partition coefficient (Wildman–Crippen LogP) is 3.37. The Kier molecular flexibility index (Phi) is 3.12. The highest BCUT2D eigenvalue weighted by Crippen LogP contribution is 2.33. The fourth-order valence-corrected chi connectivity index (χ4v) is 1.89. The molecule has 6 heteroatoms. The van der Waals surface area contributed by atoms with E-state index in [-0.39, 0.29) is 22.4 Å². The zero-order valence-corrected chi connectivity index (χ0v) is 10.7. The summed E-state index contributed by atoms with van der Waals surface area (Å²) in [5, 5.41) is 0.176. The minimum Gasteiger partial charge on any atom is -0.310 e. The molecule has 0 saturated heterocycles. The van der Waals surface area contributed by atoms with Crippen LogP contribution in [0.5, 0.6) is 0 Å². The van der Waals surface area contributed by atoms with E-state index in [1.807, 2.05) is 13.8 Å². The van der Waals surface area contributed by atoms with Gasteiger partial charge in [0.25, 0.3) is 5.56 Å². The van der Waals surface area contributed by atoms with Crippen molar-refractivity contribution >= 4 is 10.9 Å². The van der Waals surface area contributed by atoms with E-state index in [1.54, 1.807) is 0 Å². The highest BCUT2D eigenvalue weighted by Gasteiger charge is 2.33. The molecule has 0 aliphatic rings. The molecule has 3 nitrogen and oxygen atoms in total. The second kappa shape index (κ2) is 4.36. The number of halogens is 3. The molecule has 1 aromatic heterocycles. The fourth-order valence-electron chi connectivity index (χ4n) is 1.89. The molecule has 0 fully saturated rings. The first-order valence-electron chi connectivity index (χ1n) is 5.82. The lowest BCUT2D eigenvalue weighted by Gasteiger charge is -2.12. The van der Waals surface area contributed by atoms with E-state index < -0.39 is 17.3 Å². The first kappa shape index (κ1) is 13.6. The van der Waals surface area contributed by atoms with E-state index in [4.69, 9.17) is 0 Å². The van der Waals surface area contributed by atoms with E-state index in [0.29, 0.717) is 5.82 Å². The summed E-state index contributed by atoms with van der Waals surface area (Å²) in [5.41, 5.74) is -1.08. The second-order valence-electron chi connectivity index (χ2n) is 4.79. The normalized spacial score (nSPS) is 12.4. The van der Waals surface area contributed by atoms with Gasteiger partial charge in [0.15, 0.2) is 0 Å². The van der Waals surface area contributed by atoms with Crippen LogP contribution in [0.15, 0.2) is 16.9 Å². The number of rotatable bonds is 1. The molecule has 0 saturated carbocycles. The van der Waals surface area contributed by atoms with Crippen LogP contribution in [-0.2, 0) is 6.18 Å². The molecule has 0 atom stereocenters. The van der Waals surface area contributed by atoms with Gasteiger partial charge < -0.3 is 4.98 Å². The lowest BCUT2D eigenvalue weighted by atomic mass is 10.0. The SMILES string of the molecule is Cc1cc2c(=O)[nH]c(C(C)C)nc2cc1C(F)(F)F. The molecular formula is C13H13F3N2O. The van der Waals surface area contributed by atoms with Crippen LogP contribution in [0.3, 0.4) is 0 Å². The van der Waals surface area contributed by atoms with Crippen LogP contribution in [0.4, 0.5) is 13.2 Å². The van der Waals surface area contributed by atoms with Gasteiger partial charge in [-0.3, -0.25) is 4.79 Å². The minimum absolute atomic E-state index is 0.0181. The van der Waals surface area contributed by atoms with Gasteiger partial charge in [-0.1, -0.05) is 13.8 Å². The van der Waals surface area contributed by atoms with Crippen LogP contribution in [0.1, 0.15) is 36.7 Å². The summed E-state index contributed by atoms with van der Waals surface area (Å²) < 4.78 is 38.5. The summed E-state index contributed by atoms with van der Waals surface area (Å²) >= 11 is 0. The molecule has 0 bridgehead atoms. The third kappa shape index (κ3) is 2.47. The van der Waals surface area contributed by atoms with Crippen molar-refractivity contribution in [3.8, 4) is 0 Å². The average molecular weight is 270 g/mol. The van der Waals surface area contributed by atoms with Crippen LogP contribution in [0.2, 0.25) is 0 Å². The Morgan fingerprint density at radius 1 is 1.26 bits per heavy atom. The summed E-state index contributed by atoms with van der Waals surface area (Å²) in [7, 11) is 0. The Hall–Kier alpha value is -1.85. The molecule has 0 aliphatic heterocycles. The number of aromatic amines is 1. The topological polar surface area (TPSA) is 45.8 Å². The number of alkyl halides is 3. The van der Waals surface area contributed by atoms with E-state index in [1.165, 1.54) is 13.0 Å². The van der Waals surface area contributed by atoms with Crippen molar-refractivity contribution in [2.45, 2.75) is 32.9 Å². The number of nitrogens with one attached hydrogen (secondary N) is 1. The van der Waals surface area contributed by atoms with Crippen molar-refractivity contribution in [2.75, 3.05) is 0 Å². The van der Waals surface area contributed by atoms with E-state index in [9.17, 15) is 18.0 Å². The lowest BCUT2D eigenvalue weighted by molar-refractivity contribution is -0.137. The molecular weight excluding hydrogens is 257 g/mol. The average Bonchev–Trinajstić information content (AvgIpc) is 2.27. The molecule has 0 spiro atoms. The van der Waals surface area contributed by atoms with Crippen molar-refractivity contribution in [2.24, 2.45) is 0 Å². The van der Waals surface area contributed by atoms with Crippen molar-refractivity contribution in [3.05, 3.63) is 39.4 Å². The molecule has 102 valence electrons. The lowest BCUT2D eigenvalue weighted by Crippen LogP contribution is -2.15. The number of hydrogen-bond acceptors (Lipinski definition) is 2. The first-order chi connectivity index (χ1) is 8.70. The molecule has 0 amide bonds. The number of aryl methyl sites for hydroxylation is 1. The number of fused-ring (bicyclic) bond motifs is 1. The van der Waals surface area contributed by atoms with Gasteiger partial charge in [-0.25, -0.2) is 4.98 Å². The number of hydrogen-bond donors (Lipinski definition) is 1. The Balaban J connectivity index is 2.80. The summed E-state index contributed by atoms with van der Waals surface area (Å²) in [6.07, 6.45) is -4.44. The molecule has 19 heavy (non-hydrogen) atoms. The number of aromatic nitrogens is 2. The Labute approximate surface area is 107 Å². The van der Waals surface area contributed by atoms with Crippen LogP contribution in [0.25, 0.3) is 10.9 Å². The predicted molar refractivity (Wildman–Crippen MR) is 66.2 cm³/mol. The summed E-state index contributed by atoms with van der Waals surface area (Å²) in [6.45, 7) is 4.95. The standard InChI is InChI=1S/C13H13F3N2O/c1-6(2)11-17-10-5-9(13(14,15)16)7(3)4-8(10)12(19)18-11/h4-6H,1-3H3,(H,17,18,19). The summed E-state index contributed by atoms with van der Waals surface area (Å²) in [6, 6.07) is 2.17. The number of benzene rings is 1. The number of H-pyrrole nitrogens is 1. The van der Waals surface area contributed by atoms with Gasteiger partial charge in [0, 0.05) is 5.92 Å². The maximum absolute atomic E-state index is 12.8. The van der Waals surface area contributed by atoms with Gasteiger partial charge in [0.05, 0.1) is 16.5 Å². The smallest absolute Gasteiger partial charge is 0.310 e. The van der Waals surface area contributed by atoms with Crippen molar-refractivity contribution in [3.63, 3.8) is 0 Å². The second-order valence-corrected chi connectivity index (χ2v) is 4.79. The highest BCUT2D eigenvalue weighted by molar-refractivity contribution is 5.79. The third-order valence-corrected chi connectivity index (χ3v) is 2.92. The Bertz CT molecular complexity index is 687. The van der Waals surface area contributed by atoms with Crippen LogP contribution in [0, 0.1) is 6.92 Å². The van der Waals surface area contributed by atoms with Crippen molar-refractivity contribution in [1.29, 1.82) is 0 Å². The molecule has 0 unspecified atom stereocenters. The molecule has 2 rings (SSSR count). The quantitative estimate of drug-likeness (QED) is 0.863. The van der Waals surface area contributed by atoms with Gasteiger partial charge in [0.2, 0.25) is 0 Å². The van der Waals surface area contributed by atoms with Crippen molar-refractivity contribution < 1.29 is 13.2 Å². The largest absolute Gasteiger partial charge is 0.416 e. The van der Waals surface area contributed by atoms with Crippen LogP contribution >= 0.6 is 0 Å². The third-order valence-electron chi connectivity index (χ3n) is 2.92. The molecule has 0 aliphatic carbocycles. The Morgan fingerprint density at radius 2 is 1.89 bits per heavy atom. The van der Waals surface area contributed by atoms with Gasteiger partial charge in [0.1, 0.15) is 5.82 Å². The van der Waals surface area contributed by atoms with Gasteiger partial charge in [-0.2, -0.15) is 13.2 Å². The van der Waals surface area contributed by atoms with E-state index >= 15 is 0 Å². The van der Waals surface area contributed by atoms with Crippen LogP contribution < -0.4 is 5.56 Å². The monoisotopic (exact) mass is 270 g/mol. The van der Waals surface area contributed by atoms with Crippen molar-refractivity contribution in [1.82, 2.24) is 9.97 Å². The van der Waals surface area contributed by atoms with Gasteiger partial charge in [-0.15, -0.1) is 0 Å². The zero-order chi connectivity index (χ0) is 14.4. The molecule has 1 aromatic carbocycles. The summed E-state index contributed by atoms with van der Waals surface area (Å²) in [4.78, 5) is 18.5.